The molecule has 0 aromatic heterocycles. The lowest BCUT2D eigenvalue weighted by atomic mass is 10.1. The third-order valence-corrected chi connectivity index (χ3v) is 2.87. The van der Waals surface area contributed by atoms with Crippen LogP contribution in [-0.2, 0) is 4.79 Å². The van der Waals surface area contributed by atoms with Gasteiger partial charge in [-0.05, 0) is 12.1 Å². The van der Waals surface area contributed by atoms with E-state index in [1.165, 1.54) is 0 Å². The van der Waals surface area contributed by atoms with Crippen LogP contribution in [0.1, 0.15) is 10.4 Å². The minimum absolute atomic E-state index is 0.162. The summed E-state index contributed by atoms with van der Waals surface area (Å²) < 4.78 is 10.4. The molecule has 5 nitrogen and oxygen atoms in total. The van der Waals surface area contributed by atoms with Crippen molar-refractivity contribution in [1.82, 2.24) is 0 Å². The number of ketones is 1. The fourth-order valence-electron chi connectivity index (χ4n) is 1.88. The van der Waals surface area contributed by atoms with E-state index in [2.05, 4.69) is 5.32 Å². The van der Waals surface area contributed by atoms with Crippen molar-refractivity contribution in [3.05, 3.63) is 54.1 Å². The van der Waals surface area contributed by atoms with Gasteiger partial charge in [0.1, 0.15) is 0 Å². The monoisotopic (exact) mass is 269 g/mol. The highest BCUT2D eigenvalue weighted by Crippen LogP contribution is 2.34. The first-order chi connectivity index (χ1) is 9.74. The Morgan fingerprint density at radius 2 is 1.70 bits per heavy atom. The maximum absolute atomic E-state index is 11.9. The zero-order chi connectivity index (χ0) is 13.9. The van der Waals surface area contributed by atoms with E-state index in [0.29, 0.717) is 22.7 Å². The lowest BCUT2D eigenvalue weighted by molar-refractivity contribution is -0.112. The molecule has 100 valence electrons. The van der Waals surface area contributed by atoms with Crippen LogP contribution in [0.15, 0.2) is 48.5 Å². The maximum atomic E-state index is 11.9. The molecule has 0 saturated carbocycles. The highest BCUT2D eigenvalue weighted by molar-refractivity contribution is 6.46. The first-order valence-corrected chi connectivity index (χ1v) is 6.04. The number of ether oxygens (including phenoxy) is 2. The average Bonchev–Trinajstić information content (AvgIpc) is 2.95. The lowest BCUT2D eigenvalue weighted by Crippen LogP contribution is -2.22. The number of anilines is 1. The van der Waals surface area contributed by atoms with Gasteiger partial charge in [0.2, 0.25) is 6.79 Å². The molecule has 0 atom stereocenters. The van der Waals surface area contributed by atoms with Crippen molar-refractivity contribution in [2.75, 3.05) is 12.1 Å². The van der Waals surface area contributed by atoms with Gasteiger partial charge in [0.25, 0.3) is 11.7 Å². The van der Waals surface area contributed by atoms with E-state index in [0.717, 1.165) is 0 Å². The van der Waals surface area contributed by atoms with E-state index in [4.69, 9.17) is 9.47 Å². The molecule has 0 unspecified atom stereocenters. The molecular formula is C15H11NO4. The molecule has 2 aromatic carbocycles. The second-order valence-electron chi connectivity index (χ2n) is 4.22. The smallest absolute Gasteiger partial charge is 0.296 e. The van der Waals surface area contributed by atoms with Crippen molar-refractivity contribution in [2.24, 2.45) is 0 Å². The van der Waals surface area contributed by atoms with E-state index in [-0.39, 0.29) is 6.79 Å². The fourth-order valence-corrected chi connectivity index (χ4v) is 1.88. The molecule has 20 heavy (non-hydrogen) atoms. The Kier molecular flexibility index (Phi) is 3.09. The summed E-state index contributed by atoms with van der Waals surface area (Å²) in [5, 5.41) is 2.55. The molecule has 1 N–H and O–H groups in total. The molecule has 5 heteroatoms. The first kappa shape index (κ1) is 12.2. The second-order valence-corrected chi connectivity index (χ2v) is 4.22. The molecule has 3 rings (SSSR count). The van der Waals surface area contributed by atoms with Crippen LogP contribution < -0.4 is 14.8 Å². The van der Waals surface area contributed by atoms with Crippen molar-refractivity contribution in [2.45, 2.75) is 0 Å². The highest BCUT2D eigenvalue weighted by Gasteiger charge is 2.18. The van der Waals surface area contributed by atoms with Crippen LogP contribution in [-0.4, -0.2) is 18.5 Å². The molecule has 2 aromatic rings. The van der Waals surface area contributed by atoms with Crippen molar-refractivity contribution < 1.29 is 19.1 Å². The van der Waals surface area contributed by atoms with Crippen LogP contribution >= 0.6 is 0 Å². The van der Waals surface area contributed by atoms with Crippen molar-refractivity contribution in [1.29, 1.82) is 0 Å². The van der Waals surface area contributed by atoms with Gasteiger partial charge in [0.15, 0.2) is 11.5 Å². The van der Waals surface area contributed by atoms with Crippen LogP contribution in [0, 0.1) is 0 Å². The number of rotatable bonds is 3. The van der Waals surface area contributed by atoms with Gasteiger partial charge >= 0.3 is 0 Å². The fraction of sp³-hybridized carbons (Fsp3) is 0.0667. The Bertz CT molecular complexity index is 667. The van der Waals surface area contributed by atoms with Gasteiger partial charge < -0.3 is 14.8 Å². The summed E-state index contributed by atoms with van der Waals surface area (Å²) in [5.41, 5.74) is 0.842. The molecule has 0 saturated heterocycles. The number of Topliss-reactive ketones (excluding diaryl/α,β-unsaturated/α-hetero) is 1. The molecule has 1 aliphatic rings. The molecule has 0 spiro atoms. The minimum Gasteiger partial charge on any atom is -0.454 e. The van der Waals surface area contributed by atoms with Crippen LogP contribution in [0.4, 0.5) is 5.69 Å². The standard InChI is InChI=1S/C15H11NO4/c17-14(10-4-2-1-3-5-10)15(18)16-11-6-7-12-13(8-11)20-9-19-12/h1-8H,9H2,(H,16,18). The molecule has 1 aliphatic heterocycles. The molecule has 1 heterocycles. The van der Waals surface area contributed by atoms with Gasteiger partial charge in [-0.2, -0.15) is 0 Å². The van der Waals surface area contributed by atoms with Crippen molar-refractivity contribution >= 4 is 17.4 Å². The number of fused-ring (bicyclic) bond motifs is 1. The Hall–Kier alpha value is -2.82. The normalized spacial score (nSPS) is 12.0. The minimum atomic E-state index is -0.685. The third-order valence-electron chi connectivity index (χ3n) is 2.87. The molecule has 1 amide bonds. The summed E-state index contributed by atoms with van der Waals surface area (Å²) in [6.07, 6.45) is 0. The SMILES string of the molecule is O=C(Nc1ccc2c(c1)OCO2)C(=O)c1ccccc1. The third kappa shape index (κ3) is 2.33. The number of carbonyl (C=O) groups excluding carboxylic acids is 2. The van der Waals surface area contributed by atoms with Gasteiger partial charge in [-0.15, -0.1) is 0 Å². The maximum Gasteiger partial charge on any atom is 0.296 e. The Labute approximate surface area is 115 Å². The van der Waals surface area contributed by atoms with Gasteiger partial charge in [-0.25, -0.2) is 0 Å². The first-order valence-electron chi connectivity index (χ1n) is 6.04. The largest absolute Gasteiger partial charge is 0.454 e. The van der Waals surface area contributed by atoms with Gasteiger partial charge in [0.05, 0.1) is 0 Å². The Morgan fingerprint density at radius 3 is 2.50 bits per heavy atom. The predicted octanol–water partition coefficient (Wildman–Crippen LogP) is 2.24. The van der Waals surface area contributed by atoms with E-state index in [1.807, 2.05) is 0 Å². The average molecular weight is 269 g/mol. The Balaban J connectivity index is 1.75. The molecule has 0 fully saturated rings. The Morgan fingerprint density at radius 1 is 0.950 bits per heavy atom. The summed E-state index contributed by atoms with van der Waals surface area (Å²) in [6, 6.07) is 13.4. The predicted molar refractivity (Wildman–Crippen MR) is 72.0 cm³/mol. The highest BCUT2D eigenvalue weighted by atomic mass is 16.7. The van der Waals surface area contributed by atoms with E-state index >= 15 is 0 Å². The zero-order valence-electron chi connectivity index (χ0n) is 10.5. The summed E-state index contributed by atoms with van der Waals surface area (Å²) in [5.74, 6) is -0.0920. The molecular weight excluding hydrogens is 258 g/mol. The number of carbonyl (C=O) groups is 2. The summed E-state index contributed by atoms with van der Waals surface area (Å²) in [6.45, 7) is 0.162. The lowest BCUT2D eigenvalue weighted by Gasteiger charge is -2.05. The van der Waals surface area contributed by atoms with Gasteiger partial charge in [-0.3, -0.25) is 9.59 Å². The summed E-state index contributed by atoms with van der Waals surface area (Å²) >= 11 is 0. The topological polar surface area (TPSA) is 64.6 Å². The van der Waals surface area contributed by atoms with Gasteiger partial charge in [0, 0.05) is 17.3 Å². The molecule has 0 bridgehead atoms. The van der Waals surface area contributed by atoms with Crippen molar-refractivity contribution in [3.8, 4) is 11.5 Å². The van der Waals surface area contributed by atoms with E-state index in [9.17, 15) is 9.59 Å². The number of amides is 1. The number of hydrogen-bond acceptors (Lipinski definition) is 4. The van der Waals surface area contributed by atoms with E-state index in [1.54, 1.807) is 48.5 Å². The van der Waals surface area contributed by atoms with Crippen LogP contribution in [0.25, 0.3) is 0 Å². The number of nitrogens with one attached hydrogen (secondary N) is 1. The molecule has 0 radical (unpaired) electrons. The molecule has 0 aliphatic carbocycles. The second kappa shape index (κ2) is 5.05. The zero-order valence-corrected chi connectivity index (χ0v) is 10.5. The quantitative estimate of drug-likeness (QED) is 0.685. The van der Waals surface area contributed by atoms with Crippen molar-refractivity contribution in [3.63, 3.8) is 0 Å². The number of benzene rings is 2. The summed E-state index contributed by atoms with van der Waals surface area (Å²) in [4.78, 5) is 23.8. The summed E-state index contributed by atoms with van der Waals surface area (Å²) in [7, 11) is 0. The van der Waals surface area contributed by atoms with Gasteiger partial charge in [-0.1, -0.05) is 30.3 Å². The van der Waals surface area contributed by atoms with Crippen LogP contribution in [0.3, 0.4) is 0 Å². The van der Waals surface area contributed by atoms with Crippen LogP contribution in [0.2, 0.25) is 0 Å². The number of hydrogen-bond donors (Lipinski definition) is 1. The van der Waals surface area contributed by atoms with Crippen LogP contribution in [0.5, 0.6) is 11.5 Å². The van der Waals surface area contributed by atoms with E-state index < -0.39 is 11.7 Å².